The molecule has 0 radical (unpaired) electrons. The van der Waals surface area contributed by atoms with E-state index in [9.17, 15) is 9.59 Å². The van der Waals surface area contributed by atoms with E-state index in [1.54, 1.807) is 24.3 Å². The van der Waals surface area contributed by atoms with Gasteiger partial charge >= 0.3 is 0 Å². The number of carbonyl (C=O) groups is 2. The summed E-state index contributed by atoms with van der Waals surface area (Å²) in [5.41, 5.74) is 2.62. The maximum absolute atomic E-state index is 12.7. The molecule has 2 aromatic rings. The minimum atomic E-state index is -0.536. The summed E-state index contributed by atoms with van der Waals surface area (Å²) in [7, 11) is 0. The van der Waals surface area contributed by atoms with Crippen molar-refractivity contribution in [2.75, 3.05) is 16.8 Å². The lowest BCUT2D eigenvalue weighted by molar-refractivity contribution is -0.121. The average Bonchev–Trinajstić information content (AvgIpc) is 2.90. The summed E-state index contributed by atoms with van der Waals surface area (Å²) in [5, 5.41) is 3.19. The Kier molecular flexibility index (Phi) is 5.03. The Morgan fingerprint density at radius 1 is 1.12 bits per heavy atom. The van der Waals surface area contributed by atoms with Gasteiger partial charge in [-0.3, -0.25) is 9.59 Å². The fourth-order valence-electron chi connectivity index (χ4n) is 2.96. The van der Waals surface area contributed by atoms with Crippen molar-refractivity contribution in [3.05, 3.63) is 54.1 Å². The fourth-order valence-corrected chi connectivity index (χ4v) is 2.96. The van der Waals surface area contributed by atoms with E-state index in [4.69, 9.17) is 4.74 Å². The van der Waals surface area contributed by atoms with Crippen LogP contribution in [0.3, 0.4) is 0 Å². The van der Waals surface area contributed by atoms with E-state index in [0.29, 0.717) is 12.3 Å². The Labute approximate surface area is 147 Å². The highest BCUT2D eigenvalue weighted by molar-refractivity contribution is 6.23. The zero-order valence-corrected chi connectivity index (χ0v) is 14.5. The van der Waals surface area contributed by atoms with Crippen LogP contribution in [0.25, 0.3) is 0 Å². The molecule has 0 spiro atoms. The molecule has 2 amide bonds. The number of amides is 2. The smallest absolute Gasteiger partial charge is 0.256 e. The fraction of sp³-hybridized carbons (Fsp3) is 0.300. The third kappa shape index (κ3) is 3.65. The van der Waals surface area contributed by atoms with Gasteiger partial charge in [-0.1, -0.05) is 19.1 Å². The Hall–Kier alpha value is -2.82. The van der Waals surface area contributed by atoms with Crippen molar-refractivity contribution in [3.8, 4) is 5.75 Å². The normalized spacial score (nSPS) is 17.0. The number of hydrogen-bond donors (Lipinski definition) is 1. The summed E-state index contributed by atoms with van der Waals surface area (Å²) in [5.74, 6) is 0.297. The number of nitrogens with zero attached hydrogens (tertiary/aromatic N) is 1. The lowest BCUT2D eigenvalue weighted by Gasteiger charge is -2.17. The third-order valence-electron chi connectivity index (χ3n) is 4.23. The molecular weight excluding hydrogens is 316 g/mol. The quantitative estimate of drug-likeness (QED) is 0.820. The van der Waals surface area contributed by atoms with Gasteiger partial charge in [-0.2, -0.15) is 0 Å². The van der Waals surface area contributed by atoms with Gasteiger partial charge in [-0.15, -0.1) is 0 Å². The minimum absolute atomic E-state index is 0.155. The minimum Gasteiger partial charge on any atom is -0.494 e. The summed E-state index contributed by atoms with van der Waals surface area (Å²) in [6.45, 7) is 4.56. The third-order valence-corrected chi connectivity index (χ3v) is 4.23. The van der Waals surface area contributed by atoms with Crippen LogP contribution in [-0.2, 0) is 16.0 Å². The summed E-state index contributed by atoms with van der Waals surface area (Å²) >= 11 is 0. The number of benzene rings is 2. The number of carbonyl (C=O) groups excluding carboxylic acids is 2. The molecule has 1 atom stereocenters. The molecule has 0 bridgehead atoms. The predicted molar refractivity (Wildman–Crippen MR) is 98.0 cm³/mol. The van der Waals surface area contributed by atoms with Crippen LogP contribution in [0, 0.1) is 0 Å². The molecule has 25 heavy (non-hydrogen) atoms. The summed E-state index contributed by atoms with van der Waals surface area (Å²) in [4.78, 5) is 26.3. The molecule has 3 rings (SSSR count). The topological polar surface area (TPSA) is 58.6 Å². The SMILES string of the molecule is CCOc1ccc(N2C(=O)C[C@@H](Nc3cccc(CC)c3)C2=O)cc1. The van der Waals surface area contributed by atoms with Crippen LogP contribution in [0.2, 0.25) is 0 Å². The number of anilines is 2. The van der Waals surface area contributed by atoms with Gasteiger partial charge in [0.2, 0.25) is 5.91 Å². The number of nitrogens with one attached hydrogen (secondary N) is 1. The first-order chi connectivity index (χ1) is 12.1. The lowest BCUT2D eigenvalue weighted by Crippen LogP contribution is -2.34. The van der Waals surface area contributed by atoms with Gasteiger partial charge in [-0.05, 0) is 55.3 Å². The zero-order valence-electron chi connectivity index (χ0n) is 14.5. The molecule has 1 aliphatic heterocycles. The van der Waals surface area contributed by atoms with Gasteiger partial charge in [0.05, 0.1) is 18.7 Å². The van der Waals surface area contributed by atoms with Crippen LogP contribution in [0.15, 0.2) is 48.5 Å². The molecule has 130 valence electrons. The van der Waals surface area contributed by atoms with Crippen LogP contribution in [-0.4, -0.2) is 24.5 Å². The van der Waals surface area contributed by atoms with Gasteiger partial charge < -0.3 is 10.1 Å². The van der Waals surface area contributed by atoms with E-state index in [0.717, 1.165) is 17.9 Å². The molecule has 1 N–H and O–H groups in total. The highest BCUT2D eigenvalue weighted by Crippen LogP contribution is 2.27. The monoisotopic (exact) mass is 338 g/mol. The number of ether oxygens (including phenoxy) is 1. The van der Waals surface area contributed by atoms with Gasteiger partial charge in [-0.25, -0.2) is 4.90 Å². The van der Waals surface area contributed by atoms with E-state index < -0.39 is 6.04 Å². The largest absolute Gasteiger partial charge is 0.494 e. The molecule has 0 saturated carbocycles. The summed E-state index contributed by atoms with van der Waals surface area (Å²) in [6.07, 6.45) is 1.08. The van der Waals surface area contributed by atoms with Crippen molar-refractivity contribution in [2.45, 2.75) is 32.7 Å². The van der Waals surface area contributed by atoms with Gasteiger partial charge in [0.25, 0.3) is 5.91 Å². The maximum Gasteiger partial charge on any atom is 0.256 e. The van der Waals surface area contributed by atoms with Crippen LogP contribution in [0.1, 0.15) is 25.8 Å². The molecule has 0 unspecified atom stereocenters. The van der Waals surface area contributed by atoms with E-state index in [1.807, 2.05) is 31.2 Å². The maximum atomic E-state index is 12.7. The predicted octanol–water partition coefficient (Wildman–Crippen LogP) is 3.39. The molecule has 0 aliphatic carbocycles. The molecule has 1 heterocycles. The first kappa shape index (κ1) is 17.0. The lowest BCUT2D eigenvalue weighted by atomic mass is 10.1. The van der Waals surface area contributed by atoms with Gasteiger partial charge in [0.15, 0.2) is 0 Å². The van der Waals surface area contributed by atoms with Crippen molar-refractivity contribution >= 4 is 23.2 Å². The van der Waals surface area contributed by atoms with Crippen LogP contribution in [0.5, 0.6) is 5.75 Å². The first-order valence-electron chi connectivity index (χ1n) is 8.57. The second kappa shape index (κ2) is 7.38. The Bertz CT molecular complexity index is 771. The highest BCUT2D eigenvalue weighted by atomic mass is 16.5. The van der Waals surface area contributed by atoms with Gasteiger partial charge in [0.1, 0.15) is 11.8 Å². The second-order valence-corrected chi connectivity index (χ2v) is 5.95. The second-order valence-electron chi connectivity index (χ2n) is 5.95. The zero-order chi connectivity index (χ0) is 17.8. The van der Waals surface area contributed by atoms with Crippen molar-refractivity contribution in [1.82, 2.24) is 0 Å². The van der Waals surface area contributed by atoms with E-state index in [1.165, 1.54) is 10.5 Å². The van der Waals surface area contributed by atoms with Crippen molar-refractivity contribution in [2.24, 2.45) is 0 Å². The molecule has 5 nitrogen and oxygen atoms in total. The molecule has 1 saturated heterocycles. The Morgan fingerprint density at radius 3 is 2.56 bits per heavy atom. The Morgan fingerprint density at radius 2 is 1.88 bits per heavy atom. The van der Waals surface area contributed by atoms with E-state index >= 15 is 0 Å². The molecule has 2 aromatic carbocycles. The molecular formula is C20H22N2O3. The number of imide groups is 1. The van der Waals surface area contributed by atoms with Crippen molar-refractivity contribution in [3.63, 3.8) is 0 Å². The van der Waals surface area contributed by atoms with Crippen LogP contribution >= 0.6 is 0 Å². The summed E-state index contributed by atoms with van der Waals surface area (Å²) < 4.78 is 5.40. The number of aryl methyl sites for hydroxylation is 1. The van der Waals surface area contributed by atoms with Crippen LogP contribution in [0.4, 0.5) is 11.4 Å². The van der Waals surface area contributed by atoms with Crippen molar-refractivity contribution in [1.29, 1.82) is 0 Å². The van der Waals surface area contributed by atoms with E-state index in [2.05, 4.69) is 12.2 Å². The molecule has 0 aromatic heterocycles. The van der Waals surface area contributed by atoms with Crippen LogP contribution < -0.4 is 15.0 Å². The van der Waals surface area contributed by atoms with Crippen molar-refractivity contribution < 1.29 is 14.3 Å². The first-order valence-corrected chi connectivity index (χ1v) is 8.57. The molecule has 1 aliphatic rings. The average molecular weight is 338 g/mol. The van der Waals surface area contributed by atoms with Gasteiger partial charge in [0, 0.05) is 5.69 Å². The molecule has 1 fully saturated rings. The number of hydrogen-bond acceptors (Lipinski definition) is 4. The molecule has 5 heteroatoms. The standard InChI is InChI=1S/C20H22N2O3/c1-3-14-6-5-7-15(12-14)21-18-13-19(23)22(20(18)24)16-8-10-17(11-9-16)25-4-2/h5-12,18,21H,3-4,13H2,1-2H3/t18-/m1/s1. The number of rotatable bonds is 6. The highest BCUT2D eigenvalue weighted by Gasteiger charge is 2.39. The summed E-state index contributed by atoms with van der Waals surface area (Å²) in [6, 6.07) is 14.4. The van der Waals surface area contributed by atoms with E-state index in [-0.39, 0.29) is 18.2 Å². The Balaban J connectivity index is 1.75.